The number of halogens is 3. The first-order chi connectivity index (χ1) is 9.39. The molecule has 1 fully saturated rings. The van der Waals surface area contributed by atoms with Gasteiger partial charge in [0.15, 0.2) is 0 Å². The summed E-state index contributed by atoms with van der Waals surface area (Å²) in [7, 11) is 0. The van der Waals surface area contributed by atoms with Crippen LogP contribution in [0.25, 0.3) is 0 Å². The first-order valence-electron chi connectivity index (χ1n) is 6.58. The zero-order valence-electron chi connectivity index (χ0n) is 11.0. The summed E-state index contributed by atoms with van der Waals surface area (Å²) in [4.78, 5) is 13.1. The Morgan fingerprint density at radius 1 is 1.30 bits per heavy atom. The minimum Gasteiger partial charge on any atom is -0.368 e. The lowest BCUT2D eigenvalue weighted by molar-refractivity contribution is -0.138. The van der Waals surface area contributed by atoms with Crippen molar-refractivity contribution in [1.29, 1.82) is 0 Å². The topological polar surface area (TPSA) is 46.3 Å². The number of nitrogens with zero attached hydrogens (tertiary/aromatic N) is 1. The molecule has 1 aliphatic heterocycles. The van der Waals surface area contributed by atoms with Crippen molar-refractivity contribution in [2.75, 3.05) is 6.54 Å². The molecule has 0 bridgehead atoms. The Morgan fingerprint density at radius 2 is 2.00 bits per heavy atom. The summed E-state index contributed by atoms with van der Waals surface area (Å²) in [5, 5.41) is 0. The third-order valence-electron chi connectivity index (χ3n) is 3.64. The van der Waals surface area contributed by atoms with E-state index >= 15 is 0 Å². The first kappa shape index (κ1) is 14.8. The molecular weight excluding hydrogens is 269 g/mol. The predicted molar refractivity (Wildman–Crippen MR) is 68.7 cm³/mol. The Hall–Kier alpha value is -1.56. The molecule has 2 rings (SSSR count). The van der Waals surface area contributed by atoms with E-state index in [0.717, 1.165) is 18.9 Å². The van der Waals surface area contributed by atoms with Crippen molar-refractivity contribution in [2.45, 2.75) is 38.0 Å². The molecule has 110 valence electrons. The Labute approximate surface area is 115 Å². The highest BCUT2D eigenvalue weighted by Gasteiger charge is 2.34. The molecule has 20 heavy (non-hydrogen) atoms. The van der Waals surface area contributed by atoms with Crippen molar-refractivity contribution in [3.05, 3.63) is 35.4 Å². The maximum Gasteiger partial charge on any atom is 0.416 e. The van der Waals surface area contributed by atoms with E-state index in [0.29, 0.717) is 13.0 Å². The number of amides is 1. The van der Waals surface area contributed by atoms with E-state index in [2.05, 4.69) is 0 Å². The lowest BCUT2D eigenvalue weighted by Crippen LogP contribution is -2.47. The van der Waals surface area contributed by atoms with Crippen molar-refractivity contribution in [1.82, 2.24) is 4.90 Å². The van der Waals surface area contributed by atoms with Gasteiger partial charge in [0.2, 0.25) is 5.91 Å². The highest BCUT2D eigenvalue weighted by molar-refractivity contribution is 5.79. The average molecular weight is 286 g/mol. The Bertz CT molecular complexity index is 488. The number of likely N-dealkylation sites (tertiary alicyclic amines) is 1. The van der Waals surface area contributed by atoms with E-state index in [-0.39, 0.29) is 12.1 Å². The standard InChI is InChI=1S/C14H17F3N2O/c15-14(16,17)11-6-2-1-5-10(11)9-19-8-4-3-7-12(19)13(18)20/h1-2,5-6,12H,3-4,7-9H2,(H2,18,20)/t12-/m1/s1. The van der Waals surface area contributed by atoms with Crippen molar-refractivity contribution < 1.29 is 18.0 Å². The number of hydrogen-bond acceptors (Lipinski definition) is 2. The number of rotatable bonds is 3. The van der Waals surface area contributed by atoms with Crippen LogP contribution in [0.1, 0.15) is 30.4 Å². The van der Waals surface area contributed by atoms with Gasteiger partial charge in [-0.25, -0.2) is 0 Å². The Kier molecular flexibility index (Phi) is 4.32. The number of hydrogen-bond donors (Lipinski definition) is 1. The molecule has 0 spiro atoms. The Balaban J connectivity index is 2.23. The average Bonchev–Trinajstić information content (AvgIpc) is 2.38. The largest absolute Gasteiger partial charge is 0.416 e. The number of benzene rings is 1. The molecule has 0 aliphatic carbocycles. The Morgan fingerprint density at radius 3 is 2.65 bits per heavy atom. The molecule has 1 saturated heterocycles. The van der Waals surface area contributed by atoms with Gasteiger partial charge in [-0.2, -0.15) is 13.2 Å². The van der Waals surface area contributed by atoms with E-state index < -0.39 is 23.7 Å². The van der Waals surface area contributed by atoms with E-state index in [4.69, 9.17) is 5.73 Å². The lowest BCUT2D eigenvalue weighted by Gasteiger charge is -2.34. The molecule has 1 aliphatic rings. The number of piperidine rings is 1. The number of primary amides is 1. The maximum absolute atomic E-state index is 12.9. The minimum absolute atomic E-state index is 0.100. The van der Waals surface area contributed by atoms with Gasteiger partial charge in [-0.1, -0.05) is 24.6 Å². The van der Waals surface area contributed by atoms with Gasteiger partial charge in [0.1, 0.15) is 0 Å². The van der Waals surface area contributed by atoms with Crippen LogP contribution in [0.15, 0.2) is 24.3 Å². The molecule has 1 aromatic rings. The van der Waals surface area contributed by atoms with Crippen molar-refractivity contribution in [3.8, 4) is 0 Å². The quantitative estimate of drug-likeness (QED) is 0.928. The van der Waals surface area contributed by atoms with Gasteiger partial charge in [0.25, 0.3) is 0 Å². The van der Waals surface area contributed by atoms with Gasteiger partial charge in [-0.3, -0.25) is 9.69 Å². The van der Waals surface area contributed by atoms with Crippen LogP contribution in [0.3, 0.4) is 0 Å². The fourth-order valence-electron chi connectivity index (χ4n) is 2.66. The summed E-state index contributed by atoms with van der Waals surface area (Å²) >= 11 is 0. The van der Waals surface area contributed by atoms with Crippen LogP contribution in [0.4, 0.5) is 13.2 Å². The van der Waals surface area contributed by atoms with Gasteiger partial charge in [-0.15, -0.1) is 0 Å². The van der Waals surface area contributed by atoms with Crippen LogP contribution in [0, 0.1) is 0 Å². The zero-order chi connectivity index (χ0) is 14.8. The van der Waals surface area contributed by atoms with E-state index in [1.54, 1.807) is 11.0 Å². The molecule has 0 radical (unpaired) electrons. The molecule has 2 N–H and O–H groups in total. The van der Waals surface area contributed by atoms with Crippen LogP contribution in [-0.2, 0) is 17.5 Å². The van der Waals surface area contributed by atoms with Crippen LogP contribution in [-0.4, -0.2) is 23.4 Å². The van der Waals surface area contributed by atoms with Crippen LogP contribution >= 0.6 is 0 Å². The van der Waals surface area contributed by atoms with E-state index in [9.17, 15) is 18.0 Å². The normalized spacial score (nSPS) is 20.9. The summed E-state index contributed by atoms with van der Waals surface area (Å²) < 4.78 is 38.8. The molecule has 1 amide bonds. The summed E-state index contributed by atoms with van der Waals surface area (Å²) in [6.45, 7) is 0.698. The SMILES string of the molecule is NC(=O)[C@H]1CCCCN1Cc1ccccc1C(F)(F)F. The summed E-state index contributed by atoms with van der Waals surface area (Å²) in [5.41, 5.74) is 4.88. The summed E-state index contributed by atoms with van der Waals surface area (Å²) in [6, 6.07) is 5.00. The van der Waals surface area contributed by atoms with Crippen molar-refractivity contribution in [3.63, 3.8) is 0 Å². The number of nitrogens with two attached hydrogens (primary N) is 1. The van der Waals surface area contributed by atoms with Gasteiger partial charge >= 0.3 is 6.18 Å². The molecule has 0 aromatic heterocycles. The van der Waals surface area contributed by atoms with Crippen molar-refractivity contribution in [2.24, 2.45) is 5.73 Å². The van der Waals surface area contributed by atoms with Crippen LogP contribution in [0.2, 0.25) is 0 Å². The molecule has 1 heterocycles. The van der Waals surface area contributed by atoms with E-state index in [1.807, 2.05) is 0 Å². The molecule has 1 atom stereocenters. The zero-order valence-corrected chi connectivity index (χ0v) is 11.0. The third kappa shape index (κ3) is 3.30. The van der Waals surface area contributed by atoms with Crippen molar-refractivity contribution >= 4 is 5.91 Å². The van der Waals surface area contributed by atoms with E-state index in [1.165, 1.54) is 12.1 Å². The molecular formula is C14H17F3N2O. The molecule has 0 saturated carbocycles. The monoisotopic (exact) mass is 286 g/mol. The smallest absolute Gasteiger partial charge is 0.368 e. The predicted octanol–water partition coefficient (Wildman–Crippen LogP) is 2.55. The van der Waals surface area contributed by atoms with Gasteiger partial charge in [0.05, 0.1) is 11.6 Å². The molecule has 1 aromatic carbocycles. The third-order valence-corrected chi connectivity index (χ3v) is 3.64. The van der Waals surface area contributed by atoms with Crippen LogP contribution < -0.4 is 5.73 Å². The van der Waals surface area contributed by atoms with Gasteiger partial charge < -0.3 is 5.73 Å². The second kappa shape index (κ2) is 5.83. The summed E-state index contributed by atoms with van der Waals surface area (Å²) in [5.74, 6) is -0.464. The highest BCUT2D eigenvalue weighted by atomic mass is 19.4. The number of alkyl halides is 3. The highest BCUT2D eigenvalue weighted by Crippen LogP contribution is 2.33. The maximum atomic E-state index is 12.9. The second-order valence-corrected chi connectivity index (χ2v) is 5.04. The fourth-order valence-corrected chi connectivity index (χ4v) is 2.66. The molecule has 6 heteroatoms. The molecule has 0 unspecified atom stereocenters. The number of carbonyl (C=O) groups is 1. The van der Waals surface area contributed by atoms with Gasteiger partial charge in [0, 0.05) is 6.54 Å². The number of carbonyl (C=O) groups excluding carboxylic acids is 1. The second-order valence-electron chi connectivity index (χ2n) is 5.04. The molecule has 3 nitrogen and oxygen atoms in total. The summed E-state index contributed by atoms with van der Waals surface area (Å²) in [6.07, 6.45) is -2.01. The van der Waals surface area contributed by atoms with Crippen LogP contribution in [0.5, 0.6) is 0 Å². The lowest BCUT2D eigenvalue weighted by atomic mass is 9.99. The minimum atomic E-state index is -4.38. The fraction of sp³-hybridized carbons (Fsp3) is 0.500. The van der Waals surface area contributed by atoms with Gasteiger partial charge in [-0.05, 0) is 31.0 Å². The first-order valence-corrected chi connectivity index (χ1v) is 6.58.